The van der Waals surface area contributed by atoms with Crippen molar-refractivity contribution in [2.45, 2.75) is 0 Å². The van der Waals surface area contributed by atoms with Crippen LogP contribution in [0.2, 0.25) is 0 Å². The van der Waals surface area contributed by atoms with Gasteiger partial charge in [-0.2, -0.15) is 0 Å². The highest BCUT2D eigenvalue weighted by Crippen LogP contribution is 1.70. The van der Waals surface area contributed by atoms with Crippen molar-refractivity contribution >= 4 is 23.7 Å². The van der Waals surface area contributed by atoms with E-state index in [-0.39, 0.29) is 11.9 Å². The van der Waals surface area contributed by atoms with Crippen molar-refractivity contribution in [1.82, 2.24) is 5.43 Å². The highest BCUT2D eigenvalue weighted by molar-refractivity contribution is 6.19. The highest BCUT2D eigenvalue weighted by atomic mass is 35.5. The van der Waals surface area contributed by atoms with E-state index in [0.29, 0.717) is 0 Å². The number of hydrazone groups is 1. The molecule has 0 aromatic carbocycles. The summed E-state index contributed by atoms with van der Waals surface area (Å²) in [7, 11) is 0. The van der Waals surface area contributed by atoms with Gasteiger partial charge >= 0.3 is 0 Å². The topological polar surface area (TPSA) is 115 Å². The van der Waals surface area contributed by atoms with Gasteiger partial charge in [0.2, 0.25) is 11.9 Å². The lowest BCUT2D eigenvalue weighted by Gasteiger charge is -1.94. The Balaban J connectivity index is 3.64. The van der Waals surface area contributed by atoms with Gasteiger partial charge in [0.1, 0.15) is 0 Å². The molecular weight excluding hydrogens is 144 g/mol. The van der Waals surface area contributed by atoms with Gasteiger partial charge < -0.3 is 17.2 Å². The van der Waals surface area contributed by atoms with Gasteiger partial charge in [-0.1, -0.05) is 0 Å². The summed E-state index contributed by atoms with van der Waals surface area (Å²) in [6.07, 6.45) is 0. The number of nitrogens with two attached hydrogens (primary N) is 3. The summed E-state index contributed by atoms with van der Waals surface area (Å²) in [5.74, 6) is -0.205. The molecule has 0 spiro atoms. The smallest absolute Gasteiger partial charge is 0.226 e. The van der Waals surface area contributed by atoms with Crippen LogP contribution in [0.25, 0.3) is 0 Å². The van der Waals surface area contributed by atoms with Gasteiger partial charge in [-0.15, -0.1) is 9.61 Å². The van der Waals surface area contributed by atoms with Crippen molar-refractivity contribution in [3.05, 3.63) is 0 Å². The summed E-state index contributed by atoms with van der Waals surface area (Å²) < 4.78 is 3.00. The largest absolute Gasteiger partial charge is 0.369 e. The Morgan fingerprint density at radius 1 is 1.33 bits per heavy atom. The molecule has 7 N–H and O–H groups in total. The number of nitrogens with zero attached hydrogens (tertiary/aromatic N) is 2. The van der Waals surface area contributed by atoms with Crippen LogP contribution in [-0.2, 0) is 0 Å². The van der Waals surface area contributed by atoms with E-state index in [4.69, 9.17) is 29.0 Å². The summed E-state index contributed by atoms with van der Waals surface area (Å²) in [6.45, 7) is 0. The van der Waals surface area contributed by atoms with E-state index in [1.807, 2.05) is 0 Å². The van der Waals surface area contributed by atoms with Crippen molar-refractivity contribution in [2.24, 2.45) is 26.8 Å². The lowest BCUT2D eigenvalue weighted by molar-refractivity contribution is 1.000. The third kappa shape index (κ3) is 4.69. The summed E-state index contributed by atoms with van der Waals surface area (Å²) in [6, 6.07) is 0. The van der Waals surface area contributed by atoms with Crippen LogP contribution >= 0.6 is 11.8 Å². The standard InChI is InChI=1S/C2H7ClN6/c3-7-2(6)9-8-1(4)5/h(H4,4,5,8)(H3,6,7,9). The highest BCUT2D eigenvalue weighted by Gasteiger charge is 1.83. The molecule has 0 aliphatic heterocycles. The van der Waals surface area contributed by atoms with Crippen LogP contribution in [0.1, 0.15) is 0 Å². The van der Waals surface area contributed by atoms with E-state index >= 15 is 0 Å². The van der Waals surface area contributed by atoms with Gasteiger partial charge in [0, 0.05) is 11.8 Å². The molecule has 0 saturated carbocycles. The minimum atomic E-state index is -0.140. The number of guanidine groups is 2. The molecule has 9 heavy (non-hydrogen) atoms. The first kappa shape index (κ1) is 7.83. The molecule has 0 aliphatic rings. The van der Waals surface area contributed by atoms with Crippen molar-refractivity contribution in [1.29, 1.82) is 0 Å². The molecule has 0 bridgehead atoms. The number of nitrogens with one attached hydrogen (secondary N) is 1. The van der Waals surface area contributed by atoms with E-state index in [0.717, 1.165) is 0 Å². The first-order chi connectivity index (χ1) is 4.16. The summed E-state index contributed by atoms with van der Waals surface area (Å²) in [5, 5.41) is 3.28. The van der Waals surface area contributed by atoms with Crippen LogP contribution < -0.4 is 22.6 Å². The first-order valence-corrected chi connectivity index (χ1v) is 2.29. The second-order valence-electron chi connectivity index (χ2n) is 1.12. The van der Waals surface area contributed by atoms with Gasteiger partial charge in [0.15, 0.2) is 0 Å². The molecule has 0 aliphatic carbocycles. The maximum atomic E-state index is 5.01. The van der Waals surface area contributed by atoms with Gasteiger partial charge in [-0.25, -0.2) is 5.43 Å². The van der Waals surface area contributed by atoms with Gasteiger partial charge in [0.25, 0.3) is 0 Å². The van der Waals surface area contributed by atoms with Gasteiger partial charge in [0.05, 0.1) is 0 Å². The third-order valence-corrected chi connectivity index (χ3v) is 0.573. The van der Waals surface area contributed by atoms with Gasteiger partial charge in [-0.3, -0.25) is 0 Å². The normalized spacial score (nSPS) is 10.6. The molecule has 0 saturated heterocycles. The number of rotatable bonds is 1. The van der Waals surface area contributed by atoms with E-state index in [1.165, 1.54) is 0 Å². The SMILES string of the molecule is NC(N)=NNC(N)=NCl. The fourth-order valence-corrected chi connectivity index (χ4v) is 0.179. The molecule has 0 heterocycles. The van der Waals surface area contributed by atoms with Crippen LogP contribution in [0.5, 0.6) is 0 Å². The molecule has 0 unspecified atom stereocenters. The van der Waals surface area contributed by atoms with E-state index in [9.17, 15) is 0 Å². The predicted molar refractivity (Wildman–Crippen MR) is 36.4 cm³/mol. The Labute approximate surface area is 56.8 Å². The molecule has 7 heteroatoms. The summed E-state index contributed by atoms with van der Waals surface area (Å²) in [5.41, 5.74) is 17.0. The second kappa shape index (κ2) is 3.79. The number of hydrogen-bond acceptors (Lipinski definition) is 2. The lowest BCUT2D eigenvalue weighted by Crippen LogP contribution is -2.32. The fraction of sp³-hybridized carbons (Fsp3) is 0. The minimum absolute atomic E-state index is 0.0648. The first-order valence-electron chi connectivity index (χ1n) is 1.96. The van der Waals surface area contributed by atoms with Crippen LogP contribution in [0.3, 0.4) is 0 Å². The lowest BCUT2D eigenvalue weighted by atomic mass is 11.0. The average Bonchev–Trinajstić information content (AvgIpc) is 1.83. The van der Waals surface area contributed by atoms with E-state index < -0.39 is 0 Å². The Kier molecular flexibility index (Phi) is 3.29. The molecular formula is C2H7ClN6. The van der Waals surface area contributed by atoms with Crippen LogP contribution in [0.15, 0.2) is 9.61 Å². The molecule has 0 rings (SSSR count). The third-order valence-electron chi connectivity index (χ3n) is 0.391. The zero-order valence-corrected chi connectivity index (χ0v) is 5.26. The molecule has 6 nitrogen and oxygen atoms in total. The Morgan fingerprint density at radius 3 is 2.22 bits per heavy atom. The monoisotopic (exact) mass is 150 g/mol. The number of halogens is 1. The second-order valence-corrected chi connectivity index (χ2v) is 1.29. The quantitative estimate of drug-likeness (QED) is 0.201. The van der Waals surface area contributed by atoms with Crippen molar-refractivity contribution in [3.63, 3.8) is 0 Å². The molecule has 0 amide bonds. The van der Waals surface area contributed by atoms with Crippen LogP contribution in [0.4, 0.5) is 0 Å². The zero-order valence-electron chi connectivity index (χ0n) is 4.50. The summed E-state index contributed by atoms with van der Waals surface area (Å²) >= 11 is 4.89. The fourth-order valence-electron chi connectivity index (χ4n) is 0.141. The van der Waals surface area contributed by atoms with Crippen molar-refractivity contribution in [2.75, 3.05) is 0 Å². The molecule has 0 atom stereocenters. The van der Waals surface area contributed by atoms with Gasteiger partial charge in [-0.05, 0) is 0 Å². The van der Waals surface area contributed by atoms with Crippen molar-refractivity contribution in [3.8, 4) is 0 Å². The Morgan fingerprint density at radius 2 is 1.89 bits per heavy atom. The maximum Gasteiger partial charge on any atom is 0.226 e. The van der Waals surface area contributed by atoms with Crippen molar-refractivity contribution < 1.29 is 0 Å². The van der Waals surface area contributed by atoms with Crippen LogP contribution in [-0.4, -0.2) is 11.9 Å². The Hall–Kier alpha value is -1.17. The predicted octanol–water partition coefficient (Wildman–Crippen LogP) is -1.77. The molecule has 0 aromatic rings. The minimum Gasteiger partial charge on any atom is -0.369 e. The van der Waals surface area contributed by atoms with E-state index in [1.54, 1.807) is 0 Å². The average molecular weight is 151 g/mol. The Bertz CT molecular complexity index is 134. The van der Waals surface area contributed by atoms with Crippen LogP contribution in [0, 0.1) is 0 Å². The summed E-state index contributed by atoms with van der Waals surface area (Å²) in [4.78, 5) is 0. The molecule has 52 valence electrons. The maximum absolute atomic E-state index is 5.01. The molecule has 0 fully saturated rings. The number of hydrogen-bond donors (Lipinski definition) is 4. The van der Waals surface area contributed by atoms with E-state index in [2.05, 4.69) is 15.0 Å². The molecule has 0 radical (unpaired) electrons. The molecule has 0 aromatic heterocycles. The zero-order chi connectivity index (χ0) is 7.28.